The average molecular weight is 247 g/mol. The van der Waals surface area contributed by atoms with Crippen molar-refractivity contribution in [2.45, 2.75) is 9.79 Å². The third kappa shape index (κ3) is 2.05. The van der Waals surface area contributed by atoms with Gasteiger partial charge in [-0.1, -0.05) is 36.4 Å². The summed E-state index contributed by atoms with van der Waals surface area (Å²) in [5.74, 6) is 0. The Morgan fingerprint density at radius 2 is 1.24 bits per heavy atom. The van der Waals surface area contributed by atoms with Crippen LogP contribution in [0.15, 0.2) is 70.5 Å². The second kappa shape index (κ2) is 4.61. The van der Waals surface area contributed by atoms with Gasteiger partial charge in [-0.2, -0.15) is 0 Å². The Morgan fingerprint density at radius 3 is 1.53 bits per heavy atom. The molecule has 0 bridgehead atoms. The normalized spacial score (nSPS) is 12.1. The van der Waals surface area contributed by atoms with Crippen molar-refractivity contribution >= 4 is 15.5 Å². The molecular weight excluding hydrogens is 234 g/mol. The molecule has 0 fully saturated rings. The number of rotatable bonds is 2. The number of carboxylic acid groups (broad SMARTS) is 1. The molecule has 88 valence electrons. The summed E-state index contributed by atoms with van der Waals surface area (Å²) in [6.45, 7) is 0. The summed E-state index contributed by atoms with van der Waals surface area (Å²) in [6, 6.07) is 17.9. The van der Waals surface area contributed by atoms with Crippen LogP contribution in [0.2, 0.25) is 0 Å². The van der Waals surface area contributed by atoms with Gasteiger partial charge in [0.2, 0.25) is 0 Å². The van der Waals surface area contributed by atoms with Crippen LogP contribution in [-0.2, 0) is 0 Å². The Balaban J connectivity index is 2.59. The highest BCUT2D eigenvalue weighted by Crippen LogP contribution is 2.56. The van der Waals surface area contributed by atoms with Crippen LogP contribution in [0.4, 0.5) is 4.79 Å². The van der Waals surface area contributed by atoms with E-state index >= 15 is 0 Å². The van der Waals surface area contributed by atoms with E-state index in [-0.39, 0.29) is 0 Å². The minimum Gasteiger partial charge on any atom is -0.473 e. The van der Waals surface area contributed by atoms with E-state index in [2.05, 4.69) is 0 Å². The lowest BCUT2D eigenvalue weighted by atomic mass is 10.4. The van der Waals surface area contributed by atoms with Crippen LogP contribution < -0.4 is 5.14 Å². The van der Waals surface area contributed by atoms with Gasteiger partial charge in [-0.05, 0) is 34.5 Å². The first kappa shape index (κ1) is 11.7. The Kier molecular flexibility index (Phi) is 3.17. The van der Waals surface area contributed by atoms with Crippen LogP contribution in [0.25, 0.3) is 0 Å². The predicted molar refractivity (Wildman–Crippen MR) is 69.2 cm³/mol. The summed E-state index contributed by atoms with van der Waals surface area (Å²) in [4.78, 5) is 12.8. The van der Waals surface area contributed by atoms with Gasteiger partial charge in [0.05, 0.1) is 0 Å². The molecule has 17 heavy (non-hydrogen) atoms. The molecule has 3 nitrogen and oxygen atoms in total. The molecule has 0 spiro atoms. The maximum absolute atomic E-state index is 11.5. The topological polar surface area (TPSA) is 63.3 Å². The van der Waals surface area contributed by atoms with Gasteiger partial charge in [-0.25, -0.2) is 4.79 Å². The zero-order valence-electron chi connectivity index (χ0n) is 9.11. The van der Waals surface area contributed by atoms with Gasteiger partial charge in [0, 0.05) is 9.79 Å². The summed E-state index contributed by atoms with van der Waals surface area (Å²) >= 11 is 0. The third-order valence-corrected chi connectivity index (χ3v) is 5.09. The van der Waals surface area contributed by atoms with E-state index in [0.29, 0.717) is 9.79 Å². The van der Waals surface area contributed by atoms with Crippen molar-refractivity contribution < 1.29 is 9.90 Å². The molecule has 0 aliphatic heterocycles. The Hall–Kier alpha value is -1.78. The summed E-state index contributed by atoms with van der Waals surface area (Å²) in [5.41, 5.74) is 0. The fourth-order valence-electron chi connectivity index (χ4n) is 1.61. The maximum atomic E-state index is 11.5. The van der Waals surface area contributed by atoms with Crippen LogP contribution in [0, 0.1) is 0 Å². The minimum atomic E-state index is -2.50. The van der Waals surface area contributed by atoms with E-state index in [9.17, 15) is 9.90 Å². The fourth-order valence-corrected chi connectivity index (χ4v) is 3.46. The molecule has 0 saturated heterocycles. The molecule has 0 heterocycles. The lowest BCUT2D eigenvalue weighted by Gasteiger charge is -2.31. The molecule has 0 radical (unpaired) electrons. The molecule has 3 N–H and O–H groups in total. The van der Waals surface area contributed by atoms with Crippen LogP contribution in [0.5, 0.6) is 0 Å². The van der Waals surface area contributed by atoms with Crippen LogP contribution in [0.3, 0.4) is 0 Å². The molecule has 0 aliphatic rings. The Bertz CT molecular complexity index is 474. The van der Waals surface area contributed by atoms with Crippen molar-refractivity contribution in [1.29, 1.82) is 0 Å². The van der Waals surface area contributed by atoms with Crippen molar-refractivity contribution in [3.63, 3.8) is 0 Å². The second-order valence-corrected chi connectivity index (χ2v) is 6.16. The van der Waals surface area contributed by atoms with Crippen molar-refractivity contribution in [3.05, 3.63) is 60.7 Å². The highest BCUT2D eigenvalue weighted by atomic mass is 32.3. The lowest BCUT2D eigenvalue weighted by molar-refractivity contribution is 0.221. The first-order valence-corrected chi connectivity index (χ1v) is 6.79. The molecule has 2 rings (SSSR count). The second-order valence-electron chi connectivity index (χ2n) is 3.55. The molecule has 0 unspecified atom stereocenters. The third-order valence-electron chi connectivity index (χ3n) is 2.51. The minimum absolute atomic E-state index is 0.652. The van der Waals surface area contributed by atoms with Gasteiger partial charge >= 0.3 is 5.30 Å². The van der Waals surface area contributed by atoms with Gasteiger partial charge in [-0.3, -0.25) is 5.14 Å². The Labute approximate surface area is 101 Å². The standard InChI is InChI=1S/C13H13NO2S/c14-17(13(15)16,11-7-3-1-4-8-11)12-9-5-2-6-10-12/h1-10H,14H2,(H,15,16). The number of hydrogen-bond acceptors (Lipinski definition) is 2. The quantitative estimate of drug-likeness (QED) is 0.854. The summed E-state index contributed by atoms with van der Waals surface area (Å²) in [5, 5.41) is 14.6. The van der Waals surface area contributed by atoms with Crippen LogP contribution in [-0.4, -0.2) is 10.4 Å². The fraction of sp³-hybridized carbons (Fsp3) is 0. The number of carbonyl (C=O) groups is 1. The molecule has 4 heteroatoms. The first-order chi connectivity index (χ1) is 8.15. The Morgan fingerprint density at radius 1 is 0.882 bits per heavy atom. The molecule has 0 aromatic heterocycles. The van der Waals surface area contributed by atoms with Crippen LogP contribution in [0.1, 0.15) is 0 Å². The summed E-state index contributed by atoms with van der Waals surface area (Å²) in [7, 11) is -2.50. The van der Waals surface area contributed by atoms with Crippen molar-refractivity contribution in [3.8, 4) is 0 Å². The largest absolute Gasteiger partial charge is 0.473 e. The molecule has 2 aromatic carbocycles. The zero-order valence-corrected chi connectivity index (χ0v) is 9.93. The van der Waals surface area contributed by atoms with Gasteiger partial charge in [0.1, 0.15) is 0 Å². The van der Waals surface area contributed by atoms with Crippen molar-refractivity contribution in [2.24, 2.45) is 5.14 Å². The monoisotopic (exact) mass is 247 g/mol. The van der Waals surface area contributed by atoms with Gasteiger partial charge in [0.15, 0.2) is 0 Å². The van der Waals surface area contributed by atoms with E-state index in [1.807, 2.05) is 12.1 Å². The lowest BCUT2D eigenvalue weighted by Crippen LogP contribution is -2.20. The molecule has 0 aliphatic carbocycles. The number of nitrogens with two attached hydrogens (primary N) is 1. The molecule has 0 saturated carbocycles. The molecule has 0 atom stereocenters. The predicted octanol–water partition coefficient (Wildman–Crippen LogP) is 3.46. The maximum Gasteiger partial charge on any atom is 0.367 e. The molecule has 0 amide bonds. The summed E-state index contributed by atoms with van der Waals surface area (Å²) < 4.78 is 0. The average Bonchev–Trinajstić information content (AvgIpc) is 2.39. The van der Waals surface area contributed by atoms with E-state index < -0.39 is 15.5 Å². The number of benzene rings is 2. The van der Waals surface area contributed by atoms with Crippen molar-refractivity contribution in [1.82, 2.24) is 0 Å². The number of hydrogen-bond donors (Lipinski definition) is 2. The van der Waals surface area contributed by atoms with E-state index in [1.165, 1.54) is 0 Å². The van der Waals surface area contributed by atoms with E-state index in [0.717, 1.165) is 0 Å². The summed E-state index contributed by atoms with van der Waals surface area (Å²) in [6.07, 6.45) is 0. The van der Waals surface area contributed by atoms with E-state index in [4.69, 9.17) is 5.14 Å². The first-order valence-electron chi connectivity index (χ1n) is 5.10. The van der Waals surface area contributed by atoms with Gasteiger partial charge < -0.3 is 5.11 Å². The van der Waals surface area contributed by atoms with Crippen molar-refractivity contribution in [2.75, 3.05) is 0 Å². The van der Waals surface area contributed by atoms with Gasteiger partial charge in [0.25, 0.3) is 0 Å². The highest BCUT2D eigenvalue weighted by molar-refractivity contribution is 8.43. The zero-order chi connectivity index (χ0) is 12.3. The van der Waals surface area contributed by atoms with Crippen LogP contribution >= 0.6 is 10.2 Å². The molecule has 2 aromatic rings. The molecular formula is C13H13NO2S. The smallest absolute Gasteiger partial charge is 0.367 e. The van der Waals surface area contributed by atoms with Gasteiger partial charge in [-0.15, -0.1) is 0 Å². The highest BCUT2D eigenvalue weighted by Gasteiger charge is 2.31. The SMILES string of the molecule is NS(C(=O)O)(c1ccccc1)c1ccccc1. The van der Waals surface area contributed by atoms with E-state index in [1.54, 1.807) is 48.5 Å².